The second kappa shape index (κ2) is 8.70. The minimum atomic E-state index is -0.818. The fourth-order valence-electron chi connectivity index (χ4n) is 1.91. The SMILES string of the molecule is COC(=O)[C@@H](Cc1ccc(O)c(I)c1)N(C)C(=O)CNC(C)=O. The number of aromatic hydroxyl groups is 1. The van der Waals surface area contributed by atoms with Crippen molar-refractivity contribution in [2.24, 2.45) is 0 Å². The Morgan fingerprint density at radius 3 is 2.57 bits per heavy atom. The number of carbonyl (C=O) groups excluding carboxylic acids is 3. The first-order valence-corrected chi connectivity index (χ1v) is 7.89. The predicted octanol–water partition coefficient (Wildman–Crippen LogP) is 0.675. The summed E-state index contributed by atoms with van der Waals surface area (Å²) in [5, 5.41) is 12.0. The van der Waals surface area contributed by atoms with Crippen LogP contribution in [0.5, 0.6) is 5.75 Å². The molecule has 0 aliphatic heterocycles. The minimum Gasteiger partial charge on any atom is -0.507 e. The van der Waals surface area contributed by atoms with E-state index in [0.29, 0.717) is 3.57 Å². The zero-order valence-electron chi connectivity index (χ0n) is 13.1. The van der Waals surface area contributed by atoms with Crippen molar-refractivity contribution < 1.29 is 24.2 Å². The van der Waals surface area contributed by atoms with Crippen molar-refractivity contribution >= 4 is 40.4 Å². The maximum absolute atomic E-state index is 12.1. The third-order valence-corrected chi connectivity index (χ3v) is 4.13. The van der Waals surface area contributed by atoms with Gasteiger partial charge in [-0.25, -0.2) is 4.79 Å². The summed E-state index contributed by atoms with van der Waals surface area (Å²) in [6.07, 6.45) is 0.241. The number of phenolic OH excluding ortho intramolecular Hbond substituents is 1. The molecule has 7 nitrogen and oxygen atoms in total. The van der Waals surface area contributed by atoms with Crippen LogP contribution in [0.1, 0.15) is 12.5 Å². The lowest BCUT2D eigenvalue weighted by molar-refractivity contribution is -0.151. The van der Waals surface area contributed by atoms with Gasteiger partial charge in [-0.2, -0.15) is 0 Å². The van der Waals surface area contributed by atoms with Gasteiger partial charge in [0.05, 0.1) is 17.2 Å². The highest BCUT2D eigenvalue weighted by atomic mass is 127. The highest BCUT2D eigenvalue weighted by Gasteiger charge is 2.28. The number of hydrogen-bond donors (Lipinski definition) is 2. The second-order valence-electron chi connectivity index (χ2n) is 4.94. The molecule has 0 saturated heterocycles. The van der Waals surface area contributed by atoms with E-state index in [0.717, 1.165) is 5.56 Å². The molecule has 1 aromatic carbocycles. The Balaban J connectivity index is 2.90. The Labute approximate surface area is 148 Å². The quantitative estimate of drug-likeness (QED) is 0.507. The van der Waals surface area contributed by atoms with Gasteiger partial charge in [0.25, 0.3) is 0 Å². The Morgan fingerprint density at radius 1 is 1.39 bits per heavy atom. The number of amides is 2. The second-order valence-corrected chi connectivity index (χ2v) is 6.11. The largest absolute Gasteiger partial charge is 0.507 e. The Kier molecular flexibility index (Phi) is 7.27. The predicted molar refractivity (Wildman–Crippen MR) is 91.8 cm³/mol. The molecule has 0 aromatic heterocycles. The van der Waals surface area contributed by atoms with E-state index in [1.54, 1.807) is 12.1 Å². The molecule has 23 heavy (non-hydrogen) atoms. The van der Waals surface area contributed by atoms with Crippen LogP contribution in [0.2, 0.25) is 0 Å². The number of carbonyl (C=O) groups is 3. The number of esters is 1. The molecular weight excluding hydrogens is 415 g/mol. The molecule has 0 heterocycles. The summed E-state index contributed by atoms with van der Waals surface area (Å²) in [5.74, 6) is -1.12. The lowest BCUT2D eigenvalue weighted by atomic mass is 10.0. The maximum Gasteiger partial charge on any atom is 0.328 e. The summed E-state index contributed by atoms with van der Waals surface area (Å²) in [5.41, 5.74) is 0.779. The first-order chi connectivity index (χ1) is 10.8. The van der Waals surface area contributed by atoms with Crippen molar-refractivity contribution in [2.75, 3.05) is 20.7 Å². The van der Waals surface area contributed by atoms with Gasteiger partial charge in [0.2, 0.25) is 11.8 Å². The van der Waals surface area contributed by atoms with Gasteiger partial charge in [0.15, 0.2) is 0 Å². The molecule has 1 rings (SSSR count). The molecule has 0 radical (unpaired) electrons. The number of ether oxygens (including phenoxy) is 1. The van der Waals surface area contributed by atoms with Crippen LogP contribution in [0.25, 0.3) is 0 Å². The van der Waals surface area contributed by atoms with Gasteiger partial charge in [-0.1, -0.05) is 6.07 Å². The average molecular weight is 434 g/mol. The number of benzene rings is 1. The van der Waals surface area contributed by atoms with Gasteiger partial charge < -0.3 is 20.1 Å². The van der Waals surface area contributed by atoms with Crippen LogP contribution in [-0.2, 0) is 25.5 Å². The van der Waals surface area contributed by atoms with Crippen LogP contribution in [0.4, 0.5) is 0 Å². The van der Waals surface area contributed by atoms with Gasteiger partial charge in [-0.3, -0.25) is 9.59 Å². The van der Waals surface area contributed by atoms with Crippen LogP contribution in [0.3, 0.4) is 0 Å². The summed E-state index contributed by atoms with van der Waals surface area (Å²) >= 11 is 1.98. The number of methoxy groups -OCH3 is 1. The van der Waals surface area contributed by atoms with Crippen LogP contribution in [0.15, 0.2) is 18.2 Å². The summed E-state index contributed by atoms with van der Waals surface area (Å²) in [7, 11) is 2.74. The van der Waals surface area contributed by atoms with Crippen LogP contribution in [-0.4, -0.2) is 54.5 Å². The number of hydrogen-bond acceptors (Lipinski definition) is 5. The zero-order valence-corrected chi connectivity index (χ0v) is 15.3. The van der Waals surface area contributed by atoms with Crippen molar-refractivity contribution in [2.45, 2.75) is 19.4 Å². The normalized spacial score (nSPS) is 11.5. The highest BCUT2D eigenvalue weighted by molar-refractivity contribution is 14.1. The van der Waals surface area contributed by atoms with Crippen LogP contribution in [0, 0.1) is 3.57 Å². The first-order valence-electron chi connectivity index (χ1n) is 6.81. The molecule has 0 aliphatic carbocycles. The number of rotatable bonds is 6. The van der Waals surface area contributed by atoms with E-state index >= 15 is 0 Å². The minimum absolute atomic E-state index is 0.152. The lowest BCUT2D eigenvalue weighted by Crippen LogP contribution is -2.48. The molecule has 126 valence electrons. The number of phenols is 1. The van der Waals surface area contributed by atoms with Gasteiger partial charge in [0.1, 0.15) is 11.8 Å². The smallest absolute Gasteiger partial charge is 0.328 e. The maximum atomic E-state index is 12.1. The van der Waals surface area contributed by atoms with Gasteiger partial charge in [-0.15, -0.1) is 0 Å². The molecule has 0 saturated carbocycles. The number of nitrogens with one attached hydrogen (secondary N) is 1. The van der Waals surface area contributed by atoms with E-state index in [1.807, 2.05) is 22.6 Å². The highest BCUT2D eigenvalue weighted by Crippen LogP contribution is 2.21. The standard InChI is InChI=1S/C15H19IN2O5/c1-9(19)17-8-14(21)18(2)12(15(22)23-3)7-10-4-5-13(20)11(16)6-10/h4-6,12,20H,7-8H2,1-3H3,(H,17,19)/t12-/m1/s1. The van der Waals surface area contributed by atoms with Gasteiger partial charge in [0, 0.05) is 20.4 Å². The molecule has 0 spiro atoms. The summed E-state index contributed by atoms with van der Waals surface area (Å²) in [6.45, 7) is 1.12. The third-order valence-electron chi connectivity index (χ3n) is 3.26. The van der Waals surface area contributed by atoms with E-state index < -0.39 is 17.9 Å². The molecule has 0 unspecified atom stereocenters. The average Bonchev–Trinajstić information content (AvgIpc) is 2.52. The van der Waals surface area contributed by atoms with Crippen molar-refractivity contribution in [1.29, 1.82) is 0 Å². The molecule has 2 amide bonds. The number of nitrogens with zero attached hydrogens (tertiary/aromatic N) is 1. The summed E-state index contributed by atoms with van der Waals surface area (Å²) in [4.78, 5) is 36.2. The van der Waals surface area contributed by atoms with E-state index in [9.17, 15) is 19.5 Å². The van der Waals surface area contributed by atoms with Crippen LogP contribution >= 0.6 is 22.6 Å². The molecule has 0 bridgehead atoms. The third kappa shape index (κ3) is 5.70. The fraction of sp³-hybridized carbons (Fsp3) is 0.400. The van der Waals surface area contributed by atoms with Gasteiger partial charge in [-0.05, 0) is 40.3 Å². The van der Waals surface area contributed by atoms with E-state index in [-0.39, 0.29) is 24.6 Å². The summed E-state index contributed by atoms with van der Waals surface area (Å²) in [6, 6.07) is 4.13. The summed E-state index contributed by atoms with van der Waals surface area (Å²) < 4.78 is 5.41. The van der Waals surface area contributed by atoms with E-state index in [4.69, 9.17) is 4.74 Å². The monoisotopic (exact) mass is 434 g/mol. The molecule has 8 heteroatoms. The topological polar surface area (TPSA) is 95.9 Å². The number of likely N-dealkylation sites (N-methyl/N-ethyl adjacent to an activating group) is 1. The van der Waals surface area contributed by atoms with Crippen molar-refractivity contribution in [1.82, 2.24) is 10.2 Å². The molecule has 1 atom stereocenters. The Hall–Kier alpha value is -1.84. The van der Waals surface area contributed by atoms with Crippen molar-refractivity contribution in [3.63, 3.8) is 0 Å². The molecular formula is C15H19IN2O5. The van der Waals surface area contributed by atoms with Crippen molar-refractivity contribution in [3.8, 4) is 5.75 Å². The lowest BCUT2D eigenvalue weighted by Gasteiger charge is -2.26. The van der Waals surface area contributed by atoms with Gasteiger partial charge >= 0.3 is 5.97 Å². The molecule has 1 aromatic rings. The van der Waals surface area contributed by atoms with E-state index in [1.165, 1.54) is 32.0 Å². The van der Waals surface area contributed by atoms with Crippen LogP contribution < -0.4 is 5.32 Å². The Morgan fingerprint density at radius 2 is 2.04 bits per heavy atom. The zero-order chi connectivity index (χ0) is 17.6. The van der Waals surface area contributed by atoms with Crippen molar-refractivity contribution in [3.05, 3.63) is 27.3 Å². The van der Waals surface area contributed by atoms with E-state index in [2.05, 4.69) is 5.32 Å². The molecule has 0 aliphatic rings. The molecule has 2 N–H and O–H groups in total. The first kappa shape index (κ1) is 19.2. The number of halogens is 1. The fourth-order valence-corrected chi connectivity index (χ4v) is 2.49. The Bertz CT molecular complexity index is 606. The molecule has 0 fully saturated rings.